The van der Waals surface area contributed by atoms with Crippen LogP contribution in [-0.2, 0) is 6.54 Å². The molecule has 18 heavy (non-hydrogen) atoms. The van der Waals surface area contributed by atoms with Crippen molar-refractivity contribution in [3.8, 4) is 11.5 Å². The molecule has 2 aromatic rings. The summed E-state index contributed by atoms with van der Waals surface area (Å²) in [7, 11) is 0. The van der Waals surface area contributed by atoms with Gasteiger partial charge >= 0.3 is 0 Å². The number of likely N-dealkylation sites (tertiary alicyclic amines) is 1. The summed E-state index contributed by atoms with van der Waals surface area (Å²) in [5, 5.41) is 26.7. The average molecular weight is 267 g/mol. The van der Waals surface area contributed by atoms with Gasteiger partial charge in [-0.15, -0.1) is 0 Å². The van der Waals surface area contributed by atoms with Gasteiger partial charge in [-0.2, -0.15) is 16.3 Å². The van der Waals surface area contributed by atoms with Crippen molar-refractivity contribution in [3.05, 3.63) is 22.7 Å². The highest BCUT2D eigenvalue weighted by Crippen LogP contribution is 2.20. The summed E-state index contributed by atoms with van der Waals surface area (Å²) in [6.07, 6.45) is -1.37. The molecule has 2 aromatic heterocycles. The van der Waals surface area contributed by atoms with Gasteiger partial charge in [-0.25, -0.2) is 0 Å². The number of aliphatic hydroxyl groups is 2. The number of hydrogen-bond donors (Lipinski definition) is 2. The van der Waals surface area contributed by atoms with Crippen LogP contribution < -0.4 is 0 Å². The molecule has 0 bridgehead atoms. The summed E-state index contributed by atoms with van der Waals surface area (Å²) < 4.78 is 5.17. The third kappa shape index (κ3) is 2.30. The van der Waals surface area contributed by atoms with Crippen LogP contribution in [-0.4, -0.2) is 50.6 Å². The third-order valence-corrected chi connectivity index (χ3v) is 3.62. The summed E-state index contributed by atoms with van der Waals surface area (Å²) in [5.74, 6) is 1.07. The predicted octanol–water partition coefficient (Wildman–Crippen LogP) is 0.335. The molecule has 2 atom stereocenters. The van der Waals surface area contributed by atoms with E-state index in [-0.39, 0.29) is 0 Å². The van der Waals surface area contributed by atoms with Gasteiger partial charge in [-0.3, -0.25) is 4.90 Å². The van der Waals surface area contributed by atoms with E-state index in [2.05, 4.69) is 10.1 Å². The number of β-amino-alcohol motifs (C(OH)–C–C–N with tert-alkyl or cyclic N) is 2. The molecule has 1 saturated heterocycles. The zero-order chi connectivity index (χ0) is 12.5. The van der Waals surface area contributed by atoms with Crippen LogP contribution in [0.5, 0.6) is 0 Å². The van der Waals surface area contributed by atoms with Gasteiger partial charge in [0.1, 0.15) is 0 Å². The Balaban J connectivity index is 1.68. The Hall–Kier alpha value is -1.28. The summed E-state index contributed by atoms with van der Waals surface area (Å²) in [5.41, 5.74) is 0.917. The maximum atomic E-state index is 9.45. The van der Waals surface area contributed by atoms with Crippen LogP contribution >= 0.6 is 11.3 Å². The van der Waals surface area contributed by atoms with Crippen molar-refractivity contribution in [2.75, 3.05) is 13.1 Å². The Labute approximate surface area is 107 Å². The first-order valence-corrected chi connectivity index (χ1v) is 6.60. The lowest BCUT2D eigenvalue weighted by Crippen LogP contribution is -2.22. The van der Waals surface area contributed by atoms with Gasteiger partial charge in [0.15, 0.2) is 5.82 Å². The molecule has 96 valence electrons. The quantitative estimate of drug-likeness (QED) is 0.834. The highest BCUT2D eigenvalue weighted by molar-refractivity contribution is 7.08. The highest BCUT2D eigenvalue weighted by Gasteiger charge is 2.30. The van der Waals surface area contributed by atoms with E-state index in [1.165, 1.54) is 0 Å². The van der Waals surface area contributed by atoms with E-state index < -0.39 is 12.2 Å². The zero-order valence-electron chi connectivity index (χ0n) is 9.56. The van der Waals surface area contributed by atoms with E-state index in [4.69, 9.17) is 4.52 Å². The first kappa shape index (κ1) is 11.8. The van der Waals surface area contributed by atoms with Gasteiger partial charge in [0, 0.05) is 18.5 Å². The van der Waals surface area contributed by atoms with Crippen molar-refractivity contribution in [3.63, 3.8) is 0 Å². The van der Waals surface area contributed by atoms with Crippen molar-refractivity contribution in [1.82, 2.24) is 15.0 Å². The minimum Gasteiger partial charge on any atom is -0.389 e. The molecule has 0 amide bonds. The van der Waals surface area contributed by atoms with Crippen LogP contribution in [0.25, 0.3) is 11.5 Å². The number of nitrogens with zero attached hydrogens (tertiary/aromatic N) is 3. The monoisotopic (exact) mass is 267 g/mol. The van der Waals surface area contributed by atoms with Gasteiger partial charge in [-0.05, 0) is 11.4 Å². The molecule has 1 aliphatic rings. The van der Waals surface area contributed by atoms with E-state index in [1.807, 2.05) is 21.7 Å². The smallest absolute Gasteiger partial charge is 0.258 e. The van der Waals surface area contributed by atoms with Crippen LogP contribution in [0, 0.1) is 0 Å². The number of aromatic nitrogens is 2. The molecule has 2 unspecified atom stereocenters. The fraction of sp³-hybridized carbons (Fsp3) is 0.455. The number of thiophene rings is 1. The number of hydrogen-bond acceptors (Lipinski definition) is 7. The summed E-state index contributed by atoms with van der Waals surface area (Å²) in [6.45, 7) is 1.34. The normalized spacial score (nSPS) is 24.8. The summed E-state index contributed by atoms with van der Waals surface area (Å²) >= 11 is 1.57. The molecule has 0 aliphatic carbocycles. The second-order valence-corrected chi connectivity index (χ2v) is 5.14. The maximum absolute atomic E-state index is 9.45. The molecule has 1 aliphatic heterocycles. The SMILES string of the molecule is OC1CN(Cc2noc(-c3ccsc3)n2)CC1O. The molecule has 3 rings (SSSR count). The highest BCUT2D eigenvalue weighted by atomic mass is 32.1. The molecule has 2 N–H and O–H groups in total. The van der Waals surface area contributed by atoms with E-state index in [9.17, 15) is 10.2 Å². The Morgan fingerprint density at radius 1 is 1.39 bits per heavy atom. The van der Waals surface area contributed by atoms with Crippen molar-refractivity contribution in [1.29, 1.82) is 0 Å². The van der Waals surface area contributed by atoms with E-state index in [0.717, 1.165) is 5.56 Å². The first-order valence-electron chi connectivity index (χ1n) is 5.66. The first-order chi connectivity index (χ1) is 8.72. The maximum Gasteiger partial charge on any atom is 0.258 e. The lowest BCUT2D eigenvalue weighted by Gasteiger charge is -2.10. The molecule has 6 nitrogen and oxygen atoms in total. The largest absolute Gasteiger partial charge is 0.389 e. The van der Waals surface area contributed by atoms with Crippen molar-refractivity contribution in [2.24, 2.45) is 0 Å². The van der Waals surface area contributed by atoms with Crippen molar-refractivity contribution >= 4 is 11.3 Å². The van der Waals surface area contributed by atoms with Crippen molar-refractivity contribution in [2.45, 2.75) is 18.8 Å². The Morgan fingerprint density at radius 3 is 2.83 bits per heavy atom. The Morgan fingerprint density at radius 2 is 2.17 bits per heavy atom. The van der Waals surface area contributed by atoms with E-state index in [1.54, 1.807) is 11.3 Å². The van der Waals surface area contributed by atoms with Crippen LogP contribution in [0.1, 0.15) is 5.82 Å². The molecule has 0 aromatic carbocycles. The number of aliphatic hydroxyl groups excluding tert-OH is 2. The third-order valence-electron chi connectivity index (χ3n) is 2.94. The number of rotatable bonds is 3. The molecule has 0 radical (unpaired) electrons. The molecule has 1 fully saturated rings. The molecule has 7 heteroatoms. The minimum atomic E-state index is -0.687. The summed E-state index contributed by atoms with van der Waals surface area (Å²) in [4.78, 5) is 6.19. The van der Waals surface area contributed by atoms with Crippen LogP contribution in [0.15, 0.2) is 21.3 Å². The lowest BCUT2D eigenvalue weighted by atomic mass is 10.3. The minimum absolute atomic E-state index is 0.434. The standard InChI is InChI=1S/C11H13N3O3S/c15-8-3-14(4-9(8)16)5-10-12-11(17-13-10)7-1-2-18-6-7/h1-2,6,8-9,15-16H,3-5H2. The fourth-order valence-electron chi connectivity index (χ4n) is 2.00. The van der Waals surface area contributed by atoms with E-state index >= 15 is 0 Å². The van der Waals surface area contributed by atoms with Crippen LogP contribution in [0.3, 0.4) is 0 Å². The molecule has 0 spiro atoms. The second kappa shape index (κ2) is 4.77. The van der Waals surface area contributed by atoms with Crippen LogP contribution in [0.4, 0.5) is 0 Å². The molecule has 0 saturated carbocycles. The topological polar surface area (TPSA) is 82.6 Å². The molecule has 3 heterocycles. The zero-order valence-corrected chi connectivity index (χ0v) is 10.4. The van der Waals surface area contributed by atoms with Crippen LogP contribution in [0.2, 0.25) is 0 Å². The predicted molar refractivity (Wildman–Crippen MR) is 64.9 cm³/mol. The Bertz CT molecular complexity index is 503. The second-order valence-electron chi connectivity index (χ2n) is 4.36. The molecular weight excluding hydrogens is 254 g/mol. The van der Waals surface area contributed by atoms with Gasteiger partial charge < -0.3 is 14.7 Å². The van der Waals surface area contributed by atoms with Crippen molar-refractivity contribution < 1.29 is 14.7 Å². The average Bonchev–Trinajstić information content (AvgIpc) is 3.02. The van der Waals surface area contributed by atoms with Gasteiger partial charge in [0.05, 0.1) is 24.3 Å². The van der Waals surface area contributed by atoms with E-state index in [0.29, 0.717) is 31.3 Å². The van der Waals surface area contributed by atoms with Gasteiger partial charge in [-0.1, -0.05) is 5.16 Å². The van der Waals surface area contributed by atoms with Gasteiger partial charge in [0.2, 0.25) is 0 Å². The fourth-order valence-corrected chi connectivity index (χ4v) is 2.63. The molecular formula is C11H13N3O3S. The van der Waals surface area contributed by atoms with Gasteiger partial charge in [0.25, 0.3) is 5.89 Å². The summed E-state index contributed by atoms with van der Waals surface area (Å²) in [6, 6.07) is 1.92. The lowest BCUT2D eigenvalue weighted by molar-refractivity contribution is 0.0572. The Kier molecular flexibility index (Phi) is 3.13.